The summed E-state index contributed by atoms with van der Waals surface area (Å²) >= 11 is 0. The minimum absolute atomic E-state index is 0.196. The molecule has 1 aliphatic rings. The molecule has 1 unspecified atom stereocenters. The van der Waals surface area contributed by atoms with Gasteiger partial charge >= 0.3 is 5.69 Å². The zero-order chi connectivity index (χ0) is 15.4. The highest BCUT2D eigenvalue weighted by Gasteiger charge is 2.18. The van der Waals surface area contributed by atoms with Crippen molar-refractivity contribution < 1.29 is 0 Å². The van der Waals surface area contributed by atoms with Gasteiger partial charge < -0.3 is 11.1 Å². The number of hydrogen-bond acceptors (Lipinski definition) is 4. The Kier molecular flexibility index (Phi) is 4.88. The molecular formula is C15H24N4O2. The molecule has 0 spiro atoms. The van der Waals surface area contributed by atoms with E-state index >= 15 is 0 Å². The van der Waals surface area contributed by atoms with E-state index < -0.39 is 0 Å². The van der Waals surface area contributed by atoms with E-state index in [0.717, 1.165) is 36.7 Å². The first-order chi connectivity index (χ1) is 10.1. The Hall–Kier alpha value is -1.98. The molecule has 0 radical (unpaired) electrons. The van der Waals surface area contributed by atoms with Crippen LogP contribution in [0, 0.1) is 0 Å². The number of anilines is 2. The Morgan fingerprint density at radius 2 is 2.14 bits per heavy atom. The van der Waals surface area contributed by atoms with Crippen molar-refractivity contribution in [2.24, 2.45) is 7.05 Å². The molecule has 0 saturated heterocycles. The van der Waals surface area contributed by atoms with Gasteiger partial charge in [0, 0.05) is 19.6 Å². The predicted molar refractivity (Wildman–Crippen MR) is 85.7 cm³/mol. The number of allylic oxidation sites excluding steroid dienone is 1. The van der Waals surface area contributed by atoms with Crippen LogP contribution in [0.1, 0.15) is 39.0 Å². The topological polar surface area (TPSA) is 82.0 Å². The van der Waals surface area contributed by atoms with Gasteiger partial charge in [-0.05, 0) is 25.7 Å². The molecule has 21 heavy (non-hydrogen) atoms. The van der Waals surface area contributed by atoms with Gasteiger partial charge in [-0.2, -0.15) is 0 Å². The van der Waals surface area contributed by atoms with E-state index in [2.05, 4.69) is 24.4 Å². The lowest BCUT2D eigenvalue weighted by Crippen LogP contribution is -2.42. The third-order valence-corrected chi connectivity index (χ3v) is 3.94. The molecule has 1 heterocycles. The third kappa shape index (κ3) is 3.20. The minimum atomic E-state index is -0.347. The van der Waals surface area contributed by atoms with Crippen LogP contribution in [0.25, 0.3) is 0 Å². The number of nitrogen functional groups attached to an aromatic ring is 1. The molecule has 2 rings (SSSR count). The van der Waals surface area contributed by atoms with Gasteiger partial charge in [-0.15, -0.1) is 0 Å². The lowest BCUT2D eigenvalue weighted by molar-refractivity contribution is 0.571. The molecule has 3 N–H and O–H groups in total. The fourth-order valence-corrected chi connectivity index (χ4v) is 2.58. The number of unbranched alkanes of at least 4 members (excludes halogenated alkanes) is 1. The van der Waals surface area contributed by atoms with Crippen LogP contribution in [0.5, 0.6) is 0 Å². The van der Waals surface area contributed by atoms with Gasteiger partial charge in [0.05, 0.1) is 0 Å². The van der Waals surface area contributed by atoms with Crippen LogP contribution < -0.4 is 22.3 Å². The first-order valence-corrected chi connectivity index (χ1v) is 7.57. The van der Waals surface area contributed by atoms with Crippen LogP contribution in [0.4, 0.5) is 11.5 Å². The van der Waals surface area contributed by atoms with Crippen molar-refractivity contribution in [2.75, 3.05) is 11.1 Å². The second-order valence-corrected chi connectivity index (χ2v) is 5.54. The highest BCUT2D eigenvalue weighted by atomic mass is 16.2. The first kappa shape index (κ1) is 15.4. The molecule has 1 aromatic heterocycles. The molecule has 1 atom stereocenters. The summed E-state index contributed by atoms with van der Waals surface area (Å²) < 4.78 is 2.62. The summed E-state index contributed by atoms with van der Waals surface area (Å²) in [6, 6.07) is 0.196. The summed E-state index contributed by atoms with van der Waals surface area (Å²) in [5.41, 5.74) is 5.74. The molecule has 0 aliphatic heterocycles. The summed E-state index contributed by atoms with van der Waals surface area (Å²) in [6.07, 6.45) is 8.90. The van der Waals surface area contributed by atoms with Gasteiger partial charge in [0.2, 0.25) is 0 Å². The van der Waals surface area contributed by atoms with Gasteiger partial charge in [-0.1, -0.05) is 25.5 Å². The molecule has 1 aromatic rings. The van der Waals surface area contributed by atoms with Crippen molar-refractivity contribution in [1.82, 2.24) is 9.13 Å². The van der Waals surface area contributed by atoms with Crippen LogP contribution in [0.2, 0.25) is 0 Å². The zero-order valence-corrected chi connectivity index (χ0v) is 12.8. The number of nitrogens with zero attached hydrogens (tertiary/aromatic N) is 2. The van der Waals surface area contributed by atoms with Crippen molar-refractivity contribution >= 4 is 11.5 Å². The SMILES string of the molecule is CCCCn1c(N)c(NC2CC=CCC2)c(=O)n(C)c1=O. The second-order valence-electron chi connectivity index (χ2n) is 5.54. The third-order valence-electron chi connectivity index (χ3n) is 3.94. The summed E-state index contributed by atoms with van der Waals surface area (Å²) in [5.74, 6) is 0.256. The molecule has 0 aromatic carbocycles. The molecule has 6 heteroatoms. The van der Waals surface area contributed by atoms with Crippen LogP contribution in [-0.2, 0) is 13.6 Å². The maximum atomic E-state index is 12.3. The van der Waals surface area contributed by atoms with Gasteiger partial charge in [0.25, 0.3) is 5.56 Å². The molecular weight excluding hydrogens is 268 g/mol. The van der Waals surface area contributed by atoms with Gasteiger partial charge in [0.15, 0.2) is 0 Å². The predicted octanol–water partition coefficient (Wildman–Crippen LogP) is 1.45. The van der Waals surface area contributed by atoms with Crippen LogP contribution in [-0.4, -0.2) is 15.2 Å². The zero-order valence-electron chi connectivity index (χ0n) is 12.8. The molecule has 0 fully saturated rings. The van der Waals surface area contributed by atoms with Crippen LogP contribution in [0.15, 0.2) is 21.7 Å². The number of rotatable bonds is 5. The maximum Gasteiger partial charge on any atom is 0.332 e. The number of nitrogens with one attached hydrogen (secondary N) is 1. The number of hydrogen-bond donors (Lipinski definition) is 2. The largest absolute Gasteiger partial charge is 0.383 e. The van der Waals surface area contributed by atoms with Crippen molar-refractivity contribution in [3.05, 3.63) is 33.0 Å². The molecule has 0 amide bonds. The molecule has 116 valence electrons. The maximum absolute atomic E-state index is 12.3. The Labute approximate surface area is 124 Å². The number of aromatic nitrogens is 2. The van der Waals surface area contributed by atoms with Crippen molar-refractivity contribution in [1.29, 1.82) is 0 Å². The second kappa shape index (κ2) is 6.65. The monoisotopic (exact) mass is 292 g/mol. The van der Waals surface area contributed by atoms with E-state index in [9.17, 15) is 9.59 Å². The Morgan fingerprint density at radius 1 is 1.38 bits per heavy atom. The normalized spacial score (nSPS) is 17.9. The fourth-order valence-electron chi connectivity index (χ4n) is 2.58. The van der Waals surface area contributed by atoms with Gasteiger partial charge in [-0.3, -0.25) is 13.9 Å². The average Bonchev–Trinajstić information content (AvgIpc) is 2.51. The van der Waals surface area contributed by atoms with Crippen LogP contribution in [0.3, 0.4) is 0 Å². The Balaban J connectivity index is 2.39. The summed E-state index contributed by atoms with van der Waals surface area (Å²) in [7, 11) is 1.50. The lowest BCUT2D eigenvalue weighted by Gasteiger charge is -2.22. The average molecular weight is 292 g/mol. The summed E-state index contributed by atoms with van der Waals surface area (Å²) in [4.78, 5) is 24.5. The highest BCUT2D eigenvalue weighted by Crippen LogP contribution is 2.18. The highest BCUT2D eigenvalue weighted by molar-refractivity contribution is 5.61. The van der Waals surface area contributed by atoms with E-state index in [4.69, 9.17) is 5.73 Å². The minimum Gasteiger partial charge on any atom is -0.383 e. The quantitative estimate of drug-likeness (QED) is 0.805. The lowest BCUT2D eigenvalue weighted by atomic mass is 10.0. The van der Waals surface area contributed by atoms with Crippen molar-refractivity contribution in [3.63, 3.8) is 0 Å². The van der Waals surface area contributed by atoms with Crippen molar-refractivity contribution in [2.45, 2.75) is 51.6 Å². The molecule has 0 saturated carbocycles. The Morgan fingerprint density at radius 3 is 2.76 bits per heavy atom. The number of nitrogens with two attached hydrogens (primary N) is 1. The standard InChI is InChI=1S/C15H24N4O2/c1-3-4-10-19-13(16)12(14(20)18(2)15(19)21)17-11-8-6-5-7-9-11/h5-6,11,17H,3-4,7-10,16H2,1-2H3. The molecule has 0 bridgehead atoms. The van der Waals surface area contributed by atoms with Crippen molar-refractivity contribution in [3.8, 4) is 0 Å². The smallest absolute Gasteiger partial charge is 0.332 e. The van der Waals surface area contributed by atoms with E-state index in [0.29, 0.717) is 12.2 Å². The van der Waals surface area contributed by atoms with E-state index in [-0.39, 0.29) is 23.1 Å². The van der Waals surface area contributed by atoms with Crippen LogP contribution >= 0.6 is 0 Å². The molecule has 6 nitrogen and oxygen atoms in total. The Bertz CT molecular complexity index is 642. The van der Waals surface area contributed by atoms with E-state index in [1.807, 2.05) is 0 Å². The van der Waals surface area contributed by atoms with Gasteiger partial charge in [0.1, 0.15) is 11.5 Å². The van der Waals surface area contributed by atoms with E-state index in [1.54, 1.807) is 0 Å². The summed E-state index contributed by atoms with van der Waals surface area (Å²) in [6.45, 7) is 2.59. The van der Waals surface area contributed by atoms with Gasteiger partial charge in [-0.25, -0.2) is 4.79 Å². The summed E-state index contributed by atoms with van der Waals surface area (Å²) in [5, 5.41) is 3.23. The van der Waals surface area contributed by atoms with E-state index in [1.165, 1.54) is 11.6 Å². The molecule has 1 aliphatic carbocycles. The first-order valence-electron chi connectivity index (χ1n) is 7.57. The fraction of sp³-hybridized carbons (Fsp3) is 0.600.